The Labute approximate surface area is 109 Å². The molecule has 0 radical (unpaired) electrons. The standard InChI is InChI=1S/C12H22N2O3S/c1-2-3-7-14(11(15)12(13)5-6-12)10-4-8-18(16,17)9-10/h10H,2-9,13H2,1H3. The third-order valence-electron chi connectivity index (χ3n) is 3.88. The van der Waals surface area contributed by atoms with Crippen LogP contribution in [0.25, 0.3) is 0 Å². The summed E-state index contributed by atoms with van der Waals surface area (Å²) >= 11 is 0. The van der Waals surface area contributed by atoms with Crippen molar-refractivity contribution >= 4 is 15.7 Å². The first-order valence-electron chi connectivity index (χ1n) is 6.68. The summed E-state index contributed by atoms with van der Waals surface area (Å²) in [6.07, 6.45) is 3.91. The number of carbonyl (C=O) groups excluding carboxylic acids is 1. The van der Waals surface area contributed by atoms with Gasteiger partial charge < -0.3 is 10.6 Å². The van der Waals surface area contributed by atoms with Crippen molar-refractivity contribution in [3.8, 4) is 0 Å². The van der Waals surface area contributed by atoms with Gasteiger partial charge in [0.1, 0.15) is 0 Å². The van der Waals surface area contributed by atoms with Crippen LogP contribution >= 0.6 is 0 Å². The molecular formula is C12H22N2O3S. The zero-order valence-electron chi connectivity index (χ0n) is 10.9. The fourth-order valence-electron chi connectivity index (χ4n) is 2.43. The van der Waals surface area contributed by atoms with E-state index in [0.29, 0.717) is 13.0 Å². The van der Waals surface area contributed by atoms with Gasteiger partial charge in [0.15, 0.2) is 9.84 Å². The summed E-state index contributed by atoms with van der Waals surface area (Å²) in [7, 11) is -2.96. The Hall–Kier alpha value is -0.620. The van der Waals surface area contributed by atoms with Gasteiger partial charge in [0.2, 0.25) is 5.91 Å². The first-order valence-corrected chi connectivity index (χ1v) is 8.50. The molecule has 0 spiro atoms. The molecule has 1 saturated heterocycles. The third kappa shape index (κ3) is 2.85. The van der Waals surface area contributed by atoms with Crippen molar-refractivity contribution in [1.29, 1.82) is 0 Å². The van der Waals surface area contributed by atoms with Crippen LogP contribution in [-0.2, 0) is 14.6 Å². The summed E-state index contributed by atoms with van der Waals surface area (Å²) in [4.78, 5) is 14.1. The van der Waals surface area contributed by atoms with E-state index in [4.69, 9.17) is 5.73 Å². The van der Waals surface area contributed by atoms with Crippen LogP contribution in [0.15, 0.2) is 0 Å². The molecule has 2 aliphatic rings. The molecule has 18 heavy (non-hydrogen) atoms. The van der Waals surface area contributed by atoms with Crippen LogP contribution in [0.4, 0.5) is 0 Å². The van der Waals surface area contributed by atoms with Crippen LogP contribution in [0.3, 0.4) is 0 Å². The zero-order valence-corrected chi connectivity index (χ0v) is 11.7. The molecule has 2 rings (SSSR count). The first kappa shape index (κ1) is 13.8. The number of unbranched alkanes of at least 4 members (excludes halogenated alkanes) is 1. The number of rotatable bonds is 5. The maximum absolute atomic E-state index is 12.3. The highest BCUT2D eigenvalue weighted by Gasteiger charge is 2.50. The van der Waals surface area contributed by atoms with E-state index in [0.717, 1.165) is 25.7 Å². The Morgan fingerprint density at radius 2 is 2.11 bits per heavy atom. The van der Waals surface area contributed by atoms with Gasteiger partial charge in [-0.25, -0.2) is 8.42 Å². The zero-order chi connectivity index (χ0) is 13.4. The first-order chi connectivity index (χ1) is 8.38. The van der Waals surface area contributed by atoms with Gasteiger partial charge in [-0.3, -0.25) is 4.79 Å². The predicted octanol–water partition coefficient (Wildman–Crippen LogP) is 0.294. The van der Waals surface area contributed by atoms with Crippen molar-refractivity contribution in [1.82, 2.24) is 4.90 Å². The normalized spacial score (nSPS) is 28.0. The topological polar surface area (TPSA) is 80.5 Å². The minimum atomic E-state index is -2.96. The minimum absolute atomic E-state index is 0.0435. The van der Waals surface area contributed by atoms with E-state index in [9.17, 15) is 13.2 Å². The van der Waals surface area contributed by atoms with Crippen LogP contribution in [0.5, 0.6) is 0 Å². The van der Waals surface area contributed by atoms with E-state index in [-0.39, 0.29) is 23.5 Å². The maximum Gasteiger partial charge on any atom is 0.242 e. The van der Waals surface area contributed by atoms with Gasteiger partial charge >= 0.3 is 0 Å². The lowest BCUT2D eigenvalue weighted by atomic mass is 10.1. The SMILES string of the molecule is CCCCN(C(=O)C1(N)CC1)C1CCS(=O)(=O)C1. The molecule has 2 fully saturated rings. The average molecular weight is 274 g/mol. The highest BCUT2D eigenvalue weighted by Crippen LogP contribution is 2.35. The lowest BCUT2D eigenvalue weighted by molar-refractivity contribution is -0.135. The Bertz CT molecular complexity index is 429. The molecule has 1 aliphatic heterocycles. The van der Waals surface area contributed by atoms with Gasteiger partial charge in [0.05, 0.1) is 17.0 Å². The van der Waals surface area contributed by atoms with Gasteiger partial charge in [-0.1, -0.05) is 13.3 Å². The van der Waals surface area contributed by atoms with Crippen molar-refractivity contribution < 1.29 is 13.2 Å². The van der Waals surface area contributed by atoms with E-state index in [1.165, 1.54) is 0 Å². The molecule has 6 heteroatoms. The van der Waals surface area contributed by atoms with Crippen molar-refractivity contribution in [3.05, 3.63) is 0 Å². The smallest absolute Gasteiger partial charge is 0.242 e. The molecule has 5 nitrogen and oxygen atoms in total. The van der Waals surface area contributed by atoms with E-state index < -0.39 is 15.4 Å². The highest BCUT2D eigenvalue weighted by molar-refractivity contribution is 7.91. The van der Waals surface area contributed by atoms with Gasteiger partial charge in [-0.2, -0.15) is 0 Å². The molecule has 0 aromatic heterocycles. The number of nitrogens with two attached hydrogens (primary N) is 1. The molecule has 0 aromatic carbocycles. The summed E-state index contributed by atoms with van der Waals surface area (Å²) in [5, 5.41) is 0. The molecule has 104 valence electrons. The molecular weight excluding hydrogens is 252 g/mol. The predicted molar refractivity (Wildman–Crippen MR) is 69.8 cm³/mol. The van der Waals surface area contributed by atoms with Gasteiger partial charge in [-0.05, 0) is 25.7 Å². The molecule has 0 bridgehead atoms. The Morgan fingerprint density at radius 3 is 2.56 bits per heavy atom. The van der Waals surface area contributed by atoms with Gasteiger partial charge in [-0.15, -0.1) is 0 Å². The fourth-order valence-corrected chi connectivity index (χ4v) is 4.16. The summed E-state index contributed by atoms with van der Waals surface area (Å²) in [5.74, 6) is 0.266. The van der Waals surface area contributed by atoms with Crippen molar-refractivity contribution in [2.24, 2.45) is 5.73 Å². The Balaban J connectivity index is 2.08. The summed E-state index contributed by atoms with van der Waals surface area (Å²) < 4.78 is 23.1. The molecule has 1 heterocycles. The number of carbonyl (C=O) groups is 1. The number of nitrogens with zero attached hydrogens (tertiary/aromatic N) is 1. The number of hydrogen-bond acceptors (Lipinski definition) is 4. The monoisotopic (exact) mass is 274 g/mol. The van der Waals surface area contributed by atoms with Crippen LogP contribution in [0, 0.1) is 0 Å². The molecule has 0 aromatic rings. The van der Waals surface area contributed by atoms with E-state index in [1.54, 1.807) is 4.90 Å². The van der Waals surface area contributed by atoms with E-state index in [2.05, 4.69) is 6.92 Å². The lowest BCUT2D eigenvalue weighted by Crippen LogP contribution is -2.51. The third-order valence-corrected chi connectivity index (χ3v) is 5.63. The van der Waals surface area contributed by atoms with Crippen molar-refractivity contribution in [3.63, 3.8) is 0 Å². The summed E-state index contributed by atoms with van der Waals surface area (Å²) in [5.41, 5.74) is 5.26. The van der Waals surface area contributed by atoms with Crippen LogP contribution < -0.4 is 5.73 Å². The molecule has 1 amide bonds. The highest BCUT2D eigenvalue weighted by atomic mass is 32.2. The number of amides is 1. The van der Waals surface area contributed by atoms with Crippen LogP contribution in [-0.4, -0.2) is 48.9 Å². The van der Waals surface area contributed by atoms with E-state index >= 15 is 0 Å². The Kier molecular flexibility index (Phi) is 3.69. The van der Waals surface area contributed by atoms with Crippen molar-refractivity contribution in [2.45, 2.75) is 50.6 Å². The second kappa shape index (κ2) is 4.81. The number of hydrogen-bond donors (Lipinski definition) is 1. The lowest BCUT2D eigenvalue weighted by Gasteiger charge is -2.30. The minimum Gasteiger partial charge on any atom is -0.337 e. The largest absolute Gasteiger partial charge is 0.337 e. The summed E-state index contributed by atoms with van der Waals surface area (Å²) in [6, 6.07) is -0.157. The van der Waals surface area contributed by atoms with Gasteiger partial charge in [0, 0.05) is 12.6 Å². The summed E-state index contributed by atoms with van der Waals surface area (Å²) in [6.45, 7) is 2.69. The average Bonchev–Trinajstić information content (AvgIpc) is 2.95. The maximum atomic E-state index is 12.3. The molecule has 1 saturated carbocycles. The van der Waals surface area contributed by atoms with Crippen molar-refractivity contribution in [2.75, 3.05) is 18.1 Å². The Morgan fingerprint density at radius 1 is 1.44 bits per heavy atom. The molecule has 1 atom stereocenters. The van der Waals surface area contributed by atoms with E-state index in [1.807, 2.05) is 0 Å². The second-order valence-electron chi connectivity index (χ2n) is 5.57. The molecule has 1 unspecified atom stereocenters. The van der Waals surface area contributed by atoms with Crippen LogP contribution in [0.2, 0.25) is 0 Å². The molecule has 1 aliphatic carbocycles. The fraction of sp³-hybridized carbons (Fsp3) is 0.917. The quantitative estimate of drug-likeness (QED) is 0.781. The van der Waals surface area contributed by atoms with Gasteiger partial charge in [0.25, 0.3) is 0 Å². The van der Waals surface area contributed by atoms with Crippen LogP contribution in [0.1, 0.15) is 39.0 Å². The number of sulfone groups is 1. The second-order valence-corrected chi connectivity index (χ2v) is 7.79. The molecule has 2 N–H and O–H groups in total.